The van der Waals surface area contributed by atoms with Gasteiger partial charge in [0, 0.05) is 0 Å². The van der Waals surface area contributed by atoms with E-state index in [1.807, 2.05) is 26.8 Å². The lowest BCUT2D eigenvalue weighted by atomic mass is 10.0. The number of benzene rings is 3. The molecule has 0 saturated heterocycles. The number of nitrogens with two attached hydrogens (primary N) is 1. The molecule has 226 valence electrons. The number of hydrogen-bond donors (Lipinski definition) is 1. The number of hydrogen-bond acceptors (Lipinski definition) is 1. The lowest BCUT2D eigenvalue weighted by Crippen LogP contribution is -1.88. The lowest BCUT2D eigenvalue weighted by Gasteiger charge is -2.02. The smallest absolute Gasteiger partial charge is 0.126 e. The molecule has 0 aliphatic rings. The molecule has 0 fully saturated rings. The molecule has 3 rings (SSSR count). The maximum Gasteiger partial charge on any atom is 0.126 e. The molecule has 1 unspecified atom stereocenters. The summed E-state index contributed by atoms with van der Waals surface area (Å²) in [6.45, 7) is 27.1. The molecule has 0 aromatic heterocycles. The lowest BCUT2D eigenvalue weighted by molar-refractivity contribution is 0.509. The van der Waals surface area contributed by atoms with Crippen LogP contribution in [0, 0.1) is 39.4 Å². The van der Waals surface area contributed by atoms with Gasteiger partial charge in [0.1, 0.15) is 5.82 Å². The van der Waals surface area contributed by atoms with E-state index in [-0.39, 0.29) is 5.82 Å². The van der Waals surface area contributed by atoms with Gasteiger partial charge in [-0.25, -0.2) is 4.39 Å². The third-order valence-corrected chi connectivity index (χ3v) is 6.47. The number of aryl methyl sites for hydroxylation is 6. The van der Waals surface area contributed by atoms with Gasteiger partial charge in [-0.3, -0.25) is 0 Å². The first-order valence-electron chi connectivity index (χ1n) is 15.2. The van der Waals surface area contributed by atoms with E-state index in [0.717, 1.165) is 29.9 Å². The molecular weight excluding hydrogens is 489 g/mol. The van der Waals surface area contributed by atoms with Crippen molar-refractivity contribution in [2.45, 2.75) is 108 Å². The van der Waals surface area contributed by atoms with Crippen molar-refractivity contribution in [3.8, 4) is 0 Å². The second-order valence-corrected chi connectivity index (χ2v) is 9.58. The van der Waals surface area contributed by atoms with Crippen molar-refractivity contribution in [3.63, 3.8) is 0 Å². The Morgan fingerprint density at radius 2 is 1.32 bits per heavy atom. The highest BCUT2D eigenvalue weighted by Gasteiger charge is 1.98. The zero-order chi connectivity index (χ0) is 31.5. The predicted molar refractivity (Wildman–Crippen MR) is 183 cm³/mol. The Bertz CT molecular complexity index is 1010. The molecule has 0 spiro atoms. The molecule has 0 bridgehead atoms. The van der Waals surface area contributed by atoms with Crippen molar-refractivity contribution in [3.05, 3.63) is 112 Å². The van der Waals surface area contributed by atoms with Crippen LogP contribution in [0.4, 0.5) is 4.39 Å². The molecule has 40 heavy (non-hydrogen) atoms. The predicted octanol–water partition coefficient (Wildman–Crippen LogP) is 11.6. The van der Waals surface area contributed by atoms with Gasteiger partial charge in [0.25, 0.3) is 0 Å². The monoisotopic (exact) mass is 551 g/mol. The Labute approximate surface area is 249 Å². The van der Waals surface area contributed by atoms with Crippen LogP contribution in [-0.2, 0) is 12.8 Å². The SMILES string of the molecule is C=Cc1ccc(F)c(CC)c1.CC.CCCC(C)CC.CCc1ccccc1C.CN.Cc1ccc(C)c(C)c1. The summed E-state index contributed by atoms with van der Waals surface area (Å²) in [6.07, 6.45) is 7.68. The third kappa shape index (κ3) is 20.2. The van der Waals surface area contributed by atoms with Crippen LogP contribution < -0.4 is 5.73 Å². The van der Waals surface area contributed by atoms with Crippen LogP contribution in [0.25, 0.3) is 6.08 Å². The second kappa shape index (κ2) is 27.8. The zero-order valence-electron chi connectivity index (χ0n) is 28.1. The molecule has 1 atom stereocenters. The van der Waals surface area contributed by atoms with E-state index >= 15 is 0 Å². The van der Waals surface area contributed by atoms with Gasteiger partial charge in [-0.15, -0.1) is 0 Å². The van der Waals surface area contributed by atoms with Crippen LogP contribution in [0.2, 0.25) is 0 Å². The molecule has 0 radical (unpaired) electrons. The molecule has 0 aliphatic carbocycles. The van der Waals surface area contributed by atoms with Gasteiger partial charge < -0.3 is 5.73 Å². The van der Waals surface area contributed by atoms with Gasteiger partial charge in [-0.05, 0) is 99.0 Å². The molecule has 3 aromatic carbocycles. The minimum atomic E-state index is -0.127. The van der Waals surface area contributed by atoms with Crippen molar-refractivity contribution >= 4 is 6.08 Å². The van der Waals surface area contributed by atoms with Crippen molar-refractivity contribution in [2.24, 2.45) is 11.7 Å². The Morgan fingerprint density at radius 1 is 0.750 bits per heavy atom. The van der Waals surface area contributed by atoms with Crippen LogP contribution in [0.5, 0.6) is 0 Å². The molecule has 1 nitrogen and oxygen atoms in total. The summed E-state index contributed by atoms with van der Waals surface area (Å²) in [5.41, 5.74) is 13.2. The maximum absolute atomic E-state index is 12.9. The summed E-state index contributed by atoms with van der Waals surface area (Å²) >= 11 is 0. The second-order valence-electron chi connectivity index (χ2n) is 9.58. The highest BCUT2D eigenvalue weighted by atomic mass is 19.1. The van der Waals surface area contributed by atoms with Crippen LogP contribution >= 0.6 is 0 Å². The van der Waals surface area contributed by atoms with E-state index in [0.29, 0.717) is 0 Å². The van der Waals surface area contributed by atoms with Crippen molar-refractivity contribution in [2.75, 3.05) is 7.05 Å². The quantitative estimate of drug-likeness (QED) is 0.324. The molecule has 2 heteroatoms. The van der Waals surface area contributed by atoms with E-state index in [4.69, 9.17) is 0 Å². The summed E-state index contributed by atoms with van der Waals surface area (Å²) < 4.78 is 12.9. The van der Waals surface area contributed by atoms with Crippen molar-refractivity contribution < 1.29 is 4.39 Å². The summed E-state index contributed by atoms with van der Waals surface area (Å²) in [5, 5.41) is 0. The van der Waals surface area contributed by atoms with Crippen LogP contribution in [0.3, 0.4) is 0 Å². The van der Waals surface area contributed by atoms with Gasteiger partial charge in [-0.2, -0.15) is 0 Å². The molecular formula is C38H62FN. The number of rotatable bonds is 6. The van der Waals surface area contributed by atoms with E-state index in [1.54, 1.807) is 12.1 Å². The van der Waals surface area contributed by atoms with Gasteiger partial charge in [0.15, 0.2) is 0 Å². The zero-order valence-corrected chi connectivity index (χ0v) is 28.1. The van der Waals surface area contributed by atoms with Crippen molar-refractivity contribution in [1.82, 2.24) is 0 Å². The first-order valence-corrected chi connectivity index (χ1v) is 15.2. The fourth-order valence-electron chi connectivity index (χ4n) is 3.59. The third-order valence-electron chi connectivity index (χ3n) is 6.47. The summed E-state index contributed by atoms with van der Waals surface area (Å²) in [4.78, 5) is 0. The standard InChI is InChI=1S/C10H11F.2C9H12.C7H16.C2H6.CH5N/c1-3-8-5-6-10(11)9(4-2)7-8;1-7-4-5-8(2)9(3)6-7;1-3-9-7-5-4-6-8(9)2;1-4-6-7(3)5-2;2*1-2/h3,5-7H,1,4H2,2H3;4-6H,1-3H3;4-7H,3H2,1-2H3;7H,4-6H2,1-3H3;1-2H3;2H2,1H3. The van der Waals surface area contributed by atoms with E-state index in [2.05, 4.69) is 110 Å². The summed E-state index contributed by atoms with van der Waals surface area (Å²) in [6, 6.07) is 20.0. The Hall–Kier alpha value is -2.71. The van der Waals surface area contributed by atoms with Crippen LogP contribution in [-0.4, -0.2) is 7.05 Å². The average molecular weight is 552 g/mol. The molecule has 0 heterocycles. The molecule has 2 N–H and O–H groups in total. The van der Waals surface area contributed by atoms with E-state index < -0.39 is 0 Å². The summed E-state index contributed by atoms with van der Waals surface area (Å²) in [7, 11) is 1.50. The first-order chi connectivity index (χ1) is 19.1. The minimum absolute atomic E-state index is 0.127. The van der Waals surface area contributed by atoms with Gasteiger partial charge in [0.2, 0.25) is 0 Å². The van der Waals surface area contributed by atoms with Gasteiger partial charge >= 0.3 is 0 Å². The average Bonchev–Trinajstić information content (AvgIpc) is 2.99. The topological polar surface area (TPSA) is 26.0 Å². The van der Waals surface area contributed by atoms with Crippen LogP contribution in [0.1, 0.15) is 107 Å². The Kier molecular flexibility index (Phi) is 29.1. The maximum atomic E-state index is 12.9. The van der Waals surface area contributed by atoms with Crippen molar-refractivity contribution in [1.29, 1.82) is 0 Å². The first kappa shape index (κ1) is 41.8. The molecule has 3 aromatic rings. The minimum Gasteiger partial charge on any atom is -0.333 e. The van der Waals surface area contributed by atoms with Gasteiger partial charge in [-0.1, -0.05) is 134 Å². The molecule has 0 saturated carbocycles. The van der Waals surface area contributed by atoms with E-state index in [1.165, 1.54) is 60.2 Å². The normalized spacial score (nSPS) is 9.75. The Balaban J connectivity index is -0.000000442. The fourth-order valence-corrected chi connectivity index (χ4v) is 3.59. The highest BCUT2D eigenvalue weighted by molar-refractivity contribution is 5.48. The molecule has 0 amide bonds. The van der Waals surface area contributed by atoms with Gasteiger partial charge in [0.05, 0.1) is 0 Å². The summed E-state index contributed by atoms with van der Waals surface area (Å²) in [5.74, 6) is 0.822. The number of halogens is 1. The highest BCUT2D eigenvalue weighted by Crippen LogP contribution is 2.12. The van der Waals surface area contributed by atoms with E-state index in [9.17, 15) is 4.39 Å². The molecule has 0 aliphatic heterocycles. The fraction of sp³-hybridized carbons (Fsp3) is 0.474. The Morgan fingerprint density at radius 3 is 1.70 bits per heavy atom. The largest absolute Gasteiger partial charge is 0.333 e. The van der Waals surface area contributed by atoms with Crippen LogP contribution in [0.15, 0.2) is 67.2 Å².